The Morgan fingerprint density at radius 2 is 2.03 bits per heavy atom. The van der Waals surface area contributed by atoms with Gasteiger partial charge in [-0.05, 0) is 58.6 Å². The Hall–Kier alpha value is -3.02. The summed E-state index contributed by atoms with van der Waals surface area (Å²) in [6, 6.07) is 2.99. The number of nitrogens with one attached hydrogen (secondary N) is 3. The van der Waals surface area contributed by atoms with E-state index in [1.165, 1.54) is 17.0 Å². The number of methoxy groups -OCH3 is 1. The lowest BCUT2D eigenvalue weighted by Crippen LogP contribution is -2.63. The summed E-state index contributed by atoms with van der Waals surface area (Å²) in [4.78, 5) is 27.8. The summed E-state index contributed by atoms with van der Waals surface area (Å²) >= 11 is 0. The van der Waals surface area contributed by atoms with Crippen molar-refractivity contribution in [3.05, 3.63) is 23.8 Å². The number of amides is 2. The molecule has 210 valence electrons. The number of halogens is 3. The zero-order chi connectivity index (χ0) is 28.0. The first kappa shape index (κ1) is 28.0. The van der Waals surface area contributed by atoms with Crippen LogP contribution in [0.2, 0.25) is 0 Å². The maximum atomic E-state index is 13.4. The van der Waals surface area contributed by atoms with Crippen molar-refractivity contribution < 1.29 is 37.0 Å². The second-order valence-electron chi connectivity index (χ2n) is 11.5. The van der Waals surface area contributed by atoms with Gasteiger partial charge in [0.25, 0.3) is 0 Å². The molecule has 2 amide bonds. The lowest BCUT2D eigenvalue weighted by atomic mass is 9.89. The van der Waals surface area contributed by atoms with Crippen LogP contribution >= 0.6 is 0 Å². The van der Waals surface area contributed by atoms with Gasteiger partial charge in [-0.25, -0.2) is 0 Å². The molecule has 0 spiro atoms. The van der Waals surface area contributed by atoms with E-state index in [9.17, 15) is 22.8 Å². The fourth-order valence-electron chi connectivity index (χ4n) is 5.58. The predicted molar refractivity (Wildman–Crippen MR) is 132 cm³/mol. The van der Waals surface area contributed by atoms with E-state index < -0.39 is 41.3 Å². The summed E-state index contributed by atoms with van der Waals surface area (Å²) in [5, 5.41) is 14.4. The Kier molecular flexibility index (Phi) is 7.32. The second kappa shape index (κ2) is 9.94. The van der Waals surface area contributed by atoms with Gasteiger partial charge in [0.15, 0.2) is 5.96 Å². The van der Waals surface area contributed by atoms with Crippen molar-refractivity contribution in [2.24, 2.45) is 11.8 Å². The number of ether oxygens (including phenoxy) is 3. The van der Waals surface area contributed by atoms with Crippen LogP contribution in [-0.4, -0.2) is 59.9 Å². The summed E-state index contributed by atoms with van der Waals surface area (Å²) in [5.41, 5.74) is -1.14. The Bertz CT molecular complexity index is 1090. The topological polar surface area (TPSA) is 113 Å². The fourth-order valence-corrected chi connectivity index (χ4v) is 5.58. The highest BCUT2D eigenvalue weighted by atomic mass is 19.4. The van der Waals surface area contributed by atoms with Crippen molar-refractivity contribution in [1.82, 2.24) is 15.5 Å². The highest BCUT2D eigenvalue weighted by molar-refractivity contribution is 5.99. The second-order valence-corrected chi connectivity index (χ2v) is 11.5. The minimum Gasteiger partial charge on any atom is -0.487 e. The molecule has 0 aromatic heterocycles. The number of carbonyl (C=O) groups excluding carboxylic acids is 2. The highest BCUT2D eigenvalue weighted by Crippen LogP contribution is 2.48. The predicted octanol–water partition coefficient (Wildman–Crippen LogP) is 3.88. The van der Waals surface area contributed by atoms with Gasteiger partial charge < -0.3 is 24.8 Å². The molecule has 12 heteroatoms. The normalized spacial score (nSPS) is 26.5. The third-order valence-electron chi connectivity index (χ3n) is 7.18. The van der Waals surface area contributed by atoms with Crippen LogP contribution in [0.15, 0.2) is 18.2 Å². The quantitative estimate of drug-likeness (QED) is 0.461. The van der Waals surface area contributed by atoms with E-state index in [0.29, 0.717) is 19.4 Å². The first-order valence-electron chi connectivity index (χ1n) is 12.7. The van der Waals surface area contributed by atoms with Crippen LogP contribution in [0.25, 0.3) is 0 Å². The first-order chi connectivity index (χ1) is 17.6. The summed E-state index contributed by atoms with van der Waals surface area (Å²) < 4.78 is 54.7. The van der Waals surface area contributed by atoms with Crippen LogP contribution in [0.3, 0.4) is 0 Å². The van der Waals surface area contributed by atoms with Gasteiger partial charge in [-0.1, -0.05) is 6.07 Å². The number of hydrogen-bond acceptors (Lipinski definition) is 6. The summed E-state index contributed by atoms with van der Waals surface area (Å²) in [6.45, 7) is 7.64. The SMILES string of the molecule is COCC[C@H](C1C[C@H]1C(=O)N[C@H]1CC(C)(C)Oc2cccc(OC(F)(F)F)c21)N1C(=N)NC(C)(C)CC1=O. The Morgan fingerprint density at radius 1 is 1.32 bits per heavy atom. The molecule has 2 aliphatic heterocycles. The van der Waals surface area contributed by atoms with Gasteiger partial charge in [0.1, 0.15) is 17.1 Å². The van der Waals surface area contributed by atoms with E-state index in [1.807, 2.05) is 13.8 Å². The van der Waals surface area contributed by atoms with E-state index in [-0.39, 0.29) is 47.8 Å². The van der Waals surface area contributed by atoms with Crippen LogP contribution < -0.4 is 20.1 Å². The van der Waals surface area contributed by atoms with Gasteiger partial charge in [-0.15, -0.1) is 13.2 Å². The maximum Gasteiger partial charge on any atom is 0.573 e. The number of rotatable bonds is 8. The monoisotopic (exact) mass is 540 g/mol. The summed E-state index contributed by atoms with van der Waals surface area (Å²) in [5.74, 6) is -1.39. The number of carbonyl (C=O) groups is 2. The molecule has 1 saturated carbocycles. The molecule has 0 bridgehead atoms. The van der Waals surface area contributed by atoms with Gasteiger partial charge in [0.2, 0.25) is 11.8 Å². The third kappa shape index (κ3) is 6.16. The number of nitrogens with zero attached hydrogens (tertiary/aromatic N) is 1. The molecule has 3 aliphatic rings. The maximum absolute atomic E-state index is 13.4. The van der Waals surface area contributed by atoms with Crippen LogP contribution in [0.4, 0.5) is 13.2 Å². The molecular weight excluding hydrogens is 505 g/mol. The van der Waals surface area contributed by atoms with E-state index in [1.54, 1.807) is 27.0 Å². The molecule has 4 rings (SSSR count). The van der Waals surface area contributed by atoms with Gasteiger partial charge in [0, 0.05) is 44.1 Å². The molecule has 4 atom stereocenters. The molecule has 38 heavy (non-hydrogen) atoms. The fraction of sp³-hybridized carbons (Fsp3) is 0.654. The Labute approximate surface area is 219 Å². The first-order valence-corrected chi connectivity index (χ1v) is 12.7. The van der Waals surface area contributed by atoms with Crippen LogP contribution in [0.5, 0.6) is 11.5 Å². The van der Waals surface area contributed by atoms with Crippen molar-refractivity contribution in [3.63, 3.8) is 0 Å². The molecule has 2 heterocycles. The van der Waals surface area contributed by atoms with Crippen molar-refractivity contribution >= 4 is 17.8 Å². The molecular formula is C26H35F3N4O5. The highest BCUT2D eigenvalue weighted by Gasteiger charge is 2.53. The van der Waals surface area contributed by atoms with Crippen molar-refractivity contribution in [2.75, 3.05) is 13.7 Å². The molecule has 1 saturated heterocycles. The lowest BCUT2D eigenvalue weighted by molar-refractivity contribution is -0.275. The van der Waals surface area contributed by atoms with E-state index in [2.05, 4.69) is 15.4 Å². The molecule has 3 N–H and O–H groups in total. The number of benzene rings is 1. The molecule has 0 radical (unpaired) electrons. The van der Waals surface area contributed by atoms with E-state index >= 15 is 0 Å². The number of hydrogen-bond donors (Lipinski definition) is 3. The average molecular weight is 541 g/mol. The zero-order valence-electron chi connectivity index (χ0n) is 22.2. The molecule has 1 aromatic rings. The number of fused-ring (bicyclic) bond motifs is 1. The Balaban J connectivity index is 1.54. The number of alkyl halides is 3. The summed E-state index contributed by atoms with van der Waals surface area (Å²) in [6.07, 6.45) is -3.53. The standard InChI is InChI=1S/C26H35F3N4O5/c1-24(2)13-20(34)33(23(30)32-24)17(9-10-36-5)14-11-15(14)22(35)31-16-12-25(3,4)37-18-7-6-8-19(21(16)18)38-26(27,28)29/h6-8,14-17H,9-13H2,1-5H3,(H2,30,32)(H,31,35)/t14?,15-,16+,17-/m1/s1. The van der Waals surface area contributed by atoms with Gasteiger partial charge in [-0.2, -0.15) is 0 Å². The van der Waals surface area contributed by atoms with E-state index in [0.717, 1.165) is 0 Å². The minimum atomic E-state index is -4.90. The van der Waals surface area contributed by atoms with Gasteiger partial charge in [-0.3, -0.25) is 19.9 Å². The number of guanidine groups is 1. The van der Waals surface area contributed by atoms with Crippen LogP contribution in [-0.2, 0) is 14.3 Å². The third-order valence-corrected chi connectivity index (χ3v) is 7.18. The van der Waals surface area contributed by atoms with Gasteiger partial charge >= 0.3 is 6.36 Å². The van der Waals surface area contributed by atoms with Crippen molar-refractivity contribution in [2.45, 2.75) is 83.0 Å². The van der Waals surface area contributed by atoms with Crippen molar-refractivity contribution in [1.29, 1.82) is 5.41 Å². The minimum absolute atomic E-state index is 0.00698. The molecule has 1 unspecified atom stereocenters. The molecule has 9 nitrogen and oxygen atoms in total. The molecule has 2 fully saturated rings. The summed E-state index contributed by atoms with van der Waals surface area (Å²) in [7, 11) is 1.55. The Morgan fingerprint density at radius 3 is 2.66 bits per heavy atom. The molecule has 1 aromatic carbocycles. The van der Waals surface area contributed by atoms with Gasteiger partial charge in [0.05, 0.1) is 11.6 Å². The molecule has 1 aliphatic carbocycles. The average Bonchev–Trinajstić information content (AvgIpc) is 3.53. The van der Waals surface area contributed by atoms with E-state index in [4.69, 9.17) is 14.9 Å². The van der Waals surface area contributed by atoms with Crippen LogP contribution in [0, 0.1) is 17.2 Å². The van der Waals surface area contributed by atoms with Crippen LogP contribution in [0.1, 0.15) is 65.0 Å². The smallest absolute Gasteiger partial charge is 0.487 e. The zero-order valence-corrected chi connectivity index (χ0v) is 22.2. The largest absolute Gasteiger partial charge is 0.573 e. The van der Waals surface area contributed by atoms with Crippen molar-refractivity contribution in [3.8, 4) is 11.5 Å². The lowest BCUT2D eigenvalue weighted by Gasteiger charge is -2.42.